The SMILES string of the molecule is CC(C)=CCC1=C(O)c2ccccc2C(=O)C1=O.CNCCC(Oc1ccc(C(F)(F)F)cc1)c1ccccc1.Cl. The molecule has 9 heteroatoms. The fourth-order valence-electron chi connectivity index (χ4n) is 4.04. The number of Topliss-reactive ketones (excluding diaryl/α,β-unsaturated/α-hetero) is 2. The molecule has 1 aliphatic rings. The zero-order valence-corrected chi connectivity index (χ0v) is 23.8. The Bertz CT molecular complexity index is 1380. The molecule has 2 N–H and O–H groups in total. The minimum Gasteiger partial charge on any atom is -0.507 e. The molecular weight excluding hydrogens is 555 g/mol. The lowest BCUT2D eigenvalue weighted by Crippen LogP contribution is -2.23. The highest BCUT2D eigenvalue weighted by Gasteiger charge is 2.32. The smallest absolute Gasteiger partial charge is 0.416 e. The van der Waals surface area contributed by atoms with Crippen molar-refractivity contribution < 1.29 is 32.6 Å². The van der Waals surface area contributed by atoms with Gasteiger partial charge < -0.3 is 15.2 Å². The van der Waals surface area contributed by atoms with Gasteiger partial charge in [-0.3, -0.25) is 9.59 Å². The van der Waals surface area contributed by atoms with E-state index in [4.69, 9.17) is 4.74 Å². The Kier molecular flexibility index (Phi) is 12.4. The molecule has 0 saturated carbocycles. The number of halogens is 4. The van der Waals surface area contributed by atoms with Crippen LogP contribution in [0.5, 0.6) is 5.75 Å². The van der Waals surface area contributed by atoms with Crippen LogP contribution in [0.2, 0.25) is 0 Å². The van der Waals surface area contributed by atoms with Gasteiger partial charge in [0.1, 0.15) is 17.6 Å². The predicted molar refractivity (Wildman–Crippen MR) is 156 cm³/mol. The predicted octanol–water partition coefficient (Wildman–Crippen LogP) is 7.93. The van der Waals surface area contributed by atoms with Gasteiger partial charge in [0.15, 0.2) is 0 Å². The molecule has 1 aliphatic carbocycles. The Balaban J connectivity index is 0.000000285. The van der Waals surface area contributed by atoms with Gasteiger partial charge in [0.05, 0.1) is 5.56 Å². The van der Waals surface area contributed by atoms with E-state index in [9.17, 15) is 27.9 Å². The zero-order chi connectivity index (χ0) is 29.3. The van der Waals surface area contributed by atoms with Crippen LogP contribution in [0.1, 0.15) is 59.8 Å². The largest absolute Gasteiger partial charge is 0.507 e. The maximum atomic E-state index is 12.6. The van der Waals surface area contributed by atoms with Gasteiger partial charge in [-0.05, 0) is 63.7 Å². The maximum absolute atomic E-state index is 12.6. The summed E-state index contributed by atoms with van der Waals surface area (Å²) in [5.41, 5.74) is 2.26. The molecule has 5 nitrogen and oxygen atoms in total. The molecule has 41 heavy (non-hydrogen) atoms. The number of benzene rings is 3. The van der Waals surface area contributed by atoms with Gasteiger partial charge >= 0.3 is 6.18 Å². The normalized spacial score (nSPS) is 13.3. The van der Waals surface area contributed by atoms with Crippen molar-refractivity contribution in [3.05, 3.63) is 118 Å². The molecule has 0 radical (unpaired) electrons. The van der Waals surface area contributed by atoms with Crippen molar-refractivity contribution in [2.24, 2.45) is 0 Å². The van der Waals surface area contributed by atoms with Gasteiger partial charge in [-0.2, -0.15) is 13.2 Å². The van der Waals surface area contributed by atoms with Crippen LogP contribution in [0, 0.1) is 0 Å². The van der Waals surface area contributed by atoms with Gasteiger partial charge in [-0.15, -0.1) is 12.4 Å². The number of rotatable bonds is 8. The minimum absolute atomic E-state index is 0. The number of alkyl halides is 3. The summed E-state index contributed by atoms with van der Waals surface area (Å²) in [4.78, 5) is 23.8. The van der Waals surface area contributed by atoms with E-state index in [1.165, 1.54) is 12.1 Å². The summed E-state index contributed by atoms with van der Waals surface area (Å²) < 4.78 is 43.6. The third-order valence-corrected chi connectivity index (χ3v) is 6.20. The summed E-state index contributed by atoms with van der Waals surface area (Å²) in [5, 5.41) is 13.2. The summed E-state index contributed by atoms with van der Waals surface area (Å²) in [7, 11) is 1.85. The van der Waals surface area contributed by atoms with E-state index in [0.29, 0.717) is 11.3 Å². The number of fused-ring (bicyclic) bond motifs is 1. The van der Waals surface area contributed by atoms with Crippen molar-refractivity contribution in [2.75, 3.05) is 13.6 Å². The van der Waals surface area contributed by atoms with E-state index in [1.54, 1.807) is 24.3 Å². The number of ether oxygens (including phenoxy) is 1. The molecule has 0 aliphatic heterocycles. The van der Waals surface area contributed by atoms with E-state index in [0.717, 1.165) is 36.2 Å². The van der Waals surface area contributed by atoms with E-state index < -0.39 is 23.3 Å². The first kappa shape index (κ1) is 33.3. The van der Waals surface area contributed by atoms with Crippen LogP contribution in [0.4, 0.5) is 13.2 Å². The highest BCUT2D eigenvalue weighted by atomic mass is 35.5. The lowest BCUT2D eigenvalue weighted by Gasteiger charge is -2.20. The standard InChI is InChI=1S/C17H18F3NO.C15H14O3.ClH/c1-21-12-11-16(13-5-3-2-4-6-13)22-15-9-7-14(8-10-15)17(18,19)20;1-9(2)7-8-12-13(16)10-5-3-4-6-11(10)14(17)15(12)18;/h2-10,16,21H,11-12H2,1H3;3-7,16H,8H2,1-2H3;1H. The first-order valence-corrected chi connectivity index (χ1v) is 12.8. The summed E-state index contributed by atoms with van der Waals surface area (Å²) >= 11 is 0. The molecule has 1 atom stereocenters. The van der Waals surface area contributed by atoms with Crippen LogP contribution in [0.25, 0.3) is 5.76 Å². The molecule has 0 heterocycles. The Hall–Kier alpha value is -3.88. The molecule has 3 aromatic rings. The fourth-order valence-corrected chi connectivity index (χ4v) is 4.04. The maximum Gasteiger partial charge on any atom is 0.416 e. The third kappa shape index (κ3) is 9.06. The molecule has 0 saturated heterocycles. The van der Waals surface area contributed by atoms with Crippen LogP contribution < -0.4 is 10.1 Å². The van der Waals surface area contributed by atoms with Crippen LogP contribution in [-0.2, 0) is 11.0 Å². The number of hydrogen-bond donors (Lipinski definition) is 2. The number of hydrogen-bond acceptors (Lipinski definition) is 5. The molecular formula is C32H33ClF3NO4. The van der Waals surface area contributed by atoms with Crippen molar-refractivity contribution in [3.63, 3.8) is 0 Å². The first-order chi connectivity index (χ1) is 19.0. The second kappa shape index (κ2) is 15.2. The monoisotopic (exact) mass is 587 g/mol. The van der Waals surface area contributed by atoms with Crippen molar-refractivity contribution in [3.8, 4) is 5.75 Å². The van der Waals surface area contributed by atoms with Gasteiger partial charge in [0, 0.05) is 23.1 Å². The molecule has 1 unspecified atom stereocenters. The van der Waals surface area contributed by atoms with E-state index in [1.807, 2.05) is 57.3 Å². The van der Waals surface area contributed by atoms with Crippen molar-refractivity contribution in [1.82, 2.24) is 5.32 Å². The zero-order valence-electron chi connectivity index (χ0n) is 23.0. The molecule has 0 spiro atoms. The van der Waals surface area contributed by atoms with Gasteiger partial charge in [0.2, 0.25) is 11.6 Å². The Morgan fingerprint density at radius 1 is 0.902 bits per heavy atom. The second-order valence-electron chi connectivity index (χ2n) is 9.45. The second-order valence-corrected chi connectivity index (χ2v) is 9.45. The third-order valence-electron chi connectivity index (χ3n) is 6.20. The lowest BCUT2D eigenvalue weighted by molar-refractivity contribution is -0.137. The number of carbonyl (C=O) groups excluding carboxylic acids is 2. The van der Waals surface area contributed by atoms with E-state index in [-0.39, 0.29) is 41.8 Å². The topological polar surface area (TPSA) is 75.6 Å². The average molecular weight is 588 g/mol. The van der Waals surface area contributed by atoms with Crippen molar-refractivity contribution >= 4 is 29.7 Å². The molecule has 218 valence electrons. The molecule has 0 fully saturated rings. The number of aliphatic hydroxyl groups is 1. The summed E-state index contributed by atoms with van der Waals surface area (Å²) in [6.07, 6.45) is -1.70. The number of aliphatic hydroxyl groups excluding tert-OH is 1. The Labute approximate surface area is 244 Å². The Morgan fingerprint density at radius 2 is 1.49 bits per heavy atom. The summed E-state index contributed by atoms with van der Waals surface area (Å²) in [6, 6.07) is 21.1. The first-order valence-electron chi connectivity index (χ1n) is 12.8. The van der Waals surface area contributed by atoms with Gasteiger partial charge in [0.25, 0.3) is 0 Å². The highest BCUT2D eigenvalue weighted by Crippen LogP contribution is 2.32. The van der Waals surface area contributed by atoms with Gasteiger partial charge in [-0.25, -0.2) is 0 Å². The molecule has 3 aromatic carbocycles. The quantitative estimate of drug-likeness (QED) is 0.207. The summed E-state index contributed by atoms with van der Waals surface area (Å²) in [6.45, 7) is 4.56. The number of allylic oxidation sites excluding steroid dienone is 3. The van der Waals surface area contributed by atoms with Crippen LogP contribution in [0.15, 0.2) is 96.1 Å². The average Bonchev–Trinajstić information content (AvgIpc) is 2.94. The fraction of sp³-hybridized carbons (Fsp3) is 0.250. The number of carbonyl (C=O) groups is 2. The van der Waals surface area contributed by atoms with Crippen molar-refractivity contribution in [2.45, 2.75) is 39.0 Å². The van der Waals surface area contributed by atoms with Crippen molar-refractivity contribution in [1.29, 1.82) is 0 Å². The minimum atomic E-state index is -4.33. The van der Waals surface area contributed by atoms with Gasteiger partial charge in [-0.1, -0.05) is 66.2 Å². The lowest BCUT2D eigenvalue weighted by atomic mass is 9.87. The Morgan fingerprint density at radius 3 is 2.05 bits per heavy atom. The molecule has 0 aromatic heterocycles. The molecule has 4 rings (SSSR count). The molecule has 0 bridgehead atoms. The van der Waals surface area contributed by atoms with Crippen LogP contribution >= 0.6 is 12.4 Å². The van der Waals surface area contributed by atoms with E-state index >= 15 is 0 Å². The van der Waals surface area contributed by atoms with E-state index in [2.05, 4.69) is 5.32 Å². The highest BCUT2D eigenvalue weighted by molar-refractivity contribution is 6.52. The summed E-state index contributed by atoms with van der Waals surface area (Å²) in [5.74, 6) is -0.796. The number of ketones is 2. The van der Waals surface area contributed by atoms with Crippen LogP contribution in [-0.4, -0.2) is 30.3 Å². The molecule has 0 amide bonds. The number of nitrogens with one attached hydrogen (secondary N) is 1. The van der Waals surface area contributed by atoms with Crippen LogP contribution in [0.3, 0.4) is 0 Å².